The van der Waals surface area contributed by atoms with Gasteiger partial charge < -0.3 is 5.73 Å². The van der Waals surface area contributed by atoms with Crippen molar-refractivity contribution in [3.63, 3.8) is 0 Å². The molecule has 0 fully saturated rings. The quantitative estimate of drug-likeness (QED) is 0.790. The van der Waals surface area contributed by atoms with Gasteiger partial charge >= 0.3 is 0 Å². The molecule has 0 saturated heterocycles. The molecule has 0 aliphatic rings. The van der Waals surface area contributed by atoms with Crippen molar-refractivity contribution in [1.82, 2.24) is 9.97 Å². The van der Waals surface area contributed by atoms with Crippen LogP contribution < -0.4 is 5.73 Å². The lowest BCUT2D eigenvalue weighted by molar-refractivity contribution is 0.482. The first-order valence-electron chi connectivity index (χ1n) is 4.99. The van der Waals surface area contributed by atoms with Gasteiger partial charge in [0.1, 0.15) is 5.75 Å². The third-order valence-corrected chi connectivity index (χ3v) is 2.48. The second-order valence-corrected chi connectivity index (χ2v) is 4.77. The van der Waals surface area contributed by atoms with Crippen LogP contribution in [0.15, 0.2) is 48.8 Å². The van der Waals surface area contributed by atoms with Gasteiger partial charge in [-0.15, -0.1) is 0 Å². The van der Waals surface area contributed by atoms with Gasteiger partial charge in [-0.2, -0.15) is 8.42 Å². The Labute approximate surface area is 105 Å². The molecule has 0 unspecified atom stereocenters. The average Bonchev–Trinajstić information content (AvgIpc) is 2.30. The standard InChI is InChI=1S/C7H8O3S.C4H5N3/c8-11(9,10)6-7-4-2-1-3-5-7;5-4-6-2-1-3-7-4/h1-5H,6H2,(H,8,9,10);1-3H,(H2,5,6,7). The number of nitrogens with zero attached hydrogens (tertiary/aromatic N) is 2. The Hall–Kier alpha value is -1.99. The summed E-state index contributed by atoms with van der Waals surface area (Å²) >= 11 is 0. The van der Waals surface area contributed by atoms with Crippen LogP contribution in [0.1, 0.15) is 5.56 Å². The SMILES string of the molecule is Nc1ncccn1.O=S(=O)(O)Cc1ccccc1. The zero-order valence-corrected chi connectivity index (χ0v) is 10.3. The highest BCUT2D eigenvalue weighted by atomic mass is 32.2. The lowest BCUT2D eigenvalue weighted by Gasteiger charge is -1.95. The van der Waals surface area contributed by atoms with E-state index in [9.17, 15) is 8.42 Å². The lowest BCUT2D eigenvalue weighted by Crippen LogP contribution is -2.00. The van der Waals surface area contributed by atoms with Crippen molar-refractivity contribution in [3.8, 4) is 0 Å². The van der Waals surface area contributed by atoms with Crippen molar-refractivity contribution in [3.05, 3.63) is 54.4 Å². The molecule has 1 aromatic carbocycles. The summed E-state index contributed by atoms with van der Waals surface area (Å²) in [4.78, 5) is 7.29. The molecule has 2 aromatic rings. The molecule has 0 bridgehead atoms. The number of aromatic nitrogens is 2. The first-order chi connectivity index (χ1) is 8.47. The summed E-state index contributed by atoms with van der Waals surface area (Å²) in [5.41, 5.74) is 5.73. The molecule has 0 radical (unpaired) electrons. The van der Waals surface area contributed by atoms with Crippen molar-refractivity contribution in [2.24, 2.45) is 0 Å². The molecule has 0 atom stereocenters. The van der Waals surface area contributed by atoms with Crippen LogP contribution >= 0.6 is 0 Å². The van der Waals surface area contributed by atoms with E-state index in [4.69, 9.17) is 10.3 Å². The van der Waals surface area contributed by atoms with E-state index < -0.39 is 10.1 Å². The van der Waals surface area contributed by atoms with E-state index in [1.165, 1.54) is 0 Å². The highest BCUT2D eigenvalue weighted by molar-refractivity contribution is 7.85. The van der Waals surface area contributed by atoms with Crippen molar-refractivity contribution in [2.45, 2.75) is 5.75 Å². The van der Waals surface area contributed by atoms with Crippen molar-refractivity contribution in [2.75, 3.05) is 5.73 Å². The Morgan fingerprint density at radius 1 is 1.06 bits per heavy atom. The lowest BCUT2D eigenvalue weighted by atomic mass is 10.2. The van der Waals surface area contributed by atoms with E-state index in [1.54, 1.807) is 48.8 Å². The van der Waals surface area contributed by atoms with Crippen molar-refractivity contribution in [1.29, 1.82) is 0 Å². The predicted molar refractivity (Wildman–Crippen MR) is 68.1 cm³/mol. The second-order valence-electron chi connectivity index (χ2n) is 3.32. The molecular weight excluding hydrogens is 254 g/mol. The fraction of sp³-hybridized carbons (Fsp3) is 0.0909. The van der Waals surface area contributed by atoms with Gasteiger partial charge in [-0.05, 0) is 11.6 Å². The summed E-state index contributed by atoms with van der Waals surface area (Å²) in [6, 6.07) is 10.2. The number of nitrogen functional groups attached to an aromatic ring is 1. The molecule has 6 nitrogen and oxygen atoms in total. The highest BCUT2D eigenvalue weighted by Gasteiger charge is 2.04. The fourth-order valence-corrected chi connectivity index (χ4v) is 1.71. The maximum absolute atomic E-state index is 10.4. The molecule has 18 heavy (non-hydrogen) atoms. The van der Waals surface area contributed by atoms with Crippen LogP contribution in [0, 0.1) is 0 Å². The summed E-state index contributed by atoms with van der Waals surface area (Å²) in [5.74, 6) is 0.0101. The topological polar surface area (TPSA) is 106 Å². The average molecular weight is 267 g/mol. The maximum Gasteiger partial charge on any atom is 0.269 e. The number of hydrogen-bond acceptors (Lipinski definition) is 5. The summed E-state index contributed by atoms with van der Waals surface area (Å²) in [6.07, 6.45) is 3.20. The molecule has 1 aromatic heterocycles. The normalized spacial score (nSPS) is 10.3. The van der Waals surface area contributed by atoms with E-state index in [2.05, 4.69) is 9.97 Å². The molecule has 0 aliphatic heterocycles. The van der Waals surface area contributed by atoms with Crippen LogP contribution in [-0.4, -0.2) is 22.9 Å². The molecule has 0 saturated carbocycles. The fourth-order valence-electron chi connectivity index (χ4n) is 1.10. The molecule has 1 heterocycles. The Morgan fingerprint density at radius 2 is 1.61 bits per heavy atom. The molecule has 0 amide bonds. The van der Waals surface area contributed by atoms with Crippen molar-refractivity contribution >= 4 is 16.1 Å². The van der Waals surface area contributed by atoms with E-state index in [-0.39, 0.29) is 5.75 Å². The van der Waals surface area contributed by atoms with Gasteiger partial charge in [0.05, 0.1) is 0 Å². The first kappa shape index (κ1) is 14.1. The summed E-state index contributed by atoms with van der Waals surface area (Å²) in [5, 5.41) is 0. The smallest absolute Gasteiger partial charge is 0.269 e. The van der Waals surface area contributed by atoms with E-state index >= 15 is 0 Å². The Morgan fingerprint density at radius 3 is 2.00 bits per heavy atom. The zero-order valence-electron chi connectivity index (χ0n) is 9.47. The Balaban J connectivity index is 0.000000199. The molecule has 0 aliphatic carbocycles. The summed E-state index contributed by atoms with van der Waals surface area (Å²) < 4.78 is 29.2. The molecule has 0 spiro atoms. The second kappa shape index (κ2) is 6.67. The van der Waals surface area contributed by atoms with Crippen LogP contribution in [0.25, 0.3) is 0 Å². The summed E-state index contributed by atoms with van der Waals surface area (Å²) in [7, 11) is -3.88. The van der Waals surface area contributed by atoms with Gasteiger partial charge in [0.2, 0.25) is 5.95 Å². The van der Waals surface area contributed by atoms with Gasteiger partial charge in [0.25, 0.3) is 10.1 Å². The Bertz CT molecular complexity index is 559. The molecule has 96 valence electrons. The number of rotatable bonds is 2. The minimum atomic E-state index is -3.88. The van der Waals surface area contributed by atoms with Crippen LogP contribution in [0.2, 0.25) is 0 Å². The number of anilines is 1. The number of nitrogens with two attached hydrogens (primary N) is 1. The number of benzene rings is 1. The third-order valence-electron chi connectivity index (χ3n) is 1.78. The van der Waals surface area contributed by atoms with E-state index in [0.717, 1.165) is 0 Å². The molecule has 3 N–H and O–H groups in total. The Kier molecular flexibility index (Phi) is 5.22. The monoisotopic (exact) mass is 267 g/mol. The molecule has 2 rings (SSSR count). The minimum absolute atomic E-state index is 0.312. The maximum atomic E-state index is 10.4. The highest BCUT2D eigenvalue weighted by Crippen LogP contribution is 2.02. The van der Waals surface area contributed by atoms with E-state index in [1.807, 2.05) is 0 Å². The predicted octanol–water partition coefficient (Wildman–Crippen LogP) is 1.13. The molecule has 7 heteroatoms. The van der Waals surface area contributed by atoms with Gasteiger partial charge in [-0.3, -0.25) is 4.55 Å². The van der Waals surface area contributed by atoms with Crippen LogP contribution in [0.4, 0.5) is 5.95 Å². The third kappa shape index (κ3) is 6.56. The van der Waals surface area contributed by atoms with Crippen LogP contribution in [0.3, 0.4) is 0 Å². The van der Waals surface area contributed by atoms with Gasteiger partial charge in [-0.1, -0.05) is 30.3 Å². The van der Waals surface area contributed by atoms with E-state index in [0.29, 0.717) is 11.5 Å². The van der Waals surface area contributed by atoms with Crippen molar-refractivity contribution < 1.29 is 13.0 Å². The number of hydrogen-bond donors (Lipinski definition) is 2. The first-order valence-corrected chi connectivity index (χ1v) is 6.60. The van der Waals surface area contributed by atoms with Gasteiger partial charge in [0, 0.05) is 12.4 Å². The molecular formula is C11H13N3O3S. The van der Waals surface area contributed by atoms with Gasteiger partial charge in [0.15, 0.2) is 0 Å². The van der Waals surface area contributed by atoms with Crippen LogP contribution in [0.5, 0.6) is 0 Å². The minimum Gasteiger partial charge on any atom is -0.368 e. The van der Waals surface area contributed by atoms with Crippen LogP contribution in [-0.2, 0) is 15.9 Å². The van der Waals surface area contributed by atoms with Gasteiger partial charge in [-0.25, -0.2) is 9.97 Å². The summed E-state index contributed by atoms with van der Waals surface area (Å²) in [6.45, 7) is 0. The zero-order chi connectivity index (χ0) is 13.4. The largest absolute Gasteiger partial charge is 0.368 e.